The maximum Gasteiger partial charge on any atom is 0.124 e. The topological polar surface area (TPSA) is 12.0 Å². The Kier molecular flexibility index (Phi) is 3.74. The second kappa shape index (κ2) is 5.27. The van der Waals surface area contributed by atoms with Crippen LogP contribution in [0, 0.1) is 11.6 Å². The summed E-state index contributed by atoms with van der Waals surface area (Å²) in [6, 6.07) is 10.6. The number of rotatable bonds is 3. The maximum absolute atomic E-state index is 12.9. The molecule has 88 valence electrons. The molecular formula is C13H10BrF2N. The average Bonchev–Trinajstić information content (AvgIpc) is 2.30. The number of hydrogen-bond acceptors (Lipinski definition) is 1. The quantitative estimate of drug-likeness (QED) is 0.889. The normalized spacial score (nSPS) is 10.3. The molecule has 1 N–H and O–H groups in total. The molecule has 0 fully saturated rings. The highest BCUT2D eigenvalue weighted by atomic mass is 79.9. The molecule has 0 atom stereocenters. The van der Waals surface area contributed by atoms with E-state index >= 15 is 0 Å². The molecule has 0 spiro atoms. The van der Waals surface area contributed by atoms with E-state index in [-0.39, 0.29) is 11.6 Å². The lowest BCUT2D eigenvalue weighted by Crippen LogP contribution is -2.00. The third-order valence-corrected chi connectivity index (χ3v) is 3.08. The van der Waals surface area contributed by atoms with Crippen LogP contribution in [0.25, 0.3) is 0 Å². The summed E-state index contributed by atoms with van der Waals surface area (Å²) in [4.78, 5) is 0. The van der Waals surface area contributed by atoms with Gasteiger partial charge in [-0.2, -0.15) is 0 Å². The van der Waals surface area contributed by atoms with E-state index in [0.717, 1.165) is 11.3 Å². The molecule has 0 aliphatic carbocycles. The lowest BCUT2D eigenvalue weighted by atomic mass is 10.2. The molecule has 0 aliphatic rings. The molecular weight excluding hydrogens is 288 g/mol. The molecule has 2 rings (SSSR count). The first-order valence-corrected chi connectivity index (χ1v) is 5.88. The number of halogens is 3. The third-order valence-electron chi connectivity index (χ3n) is 2.34. The molecule has 0 saturated carbocycles. The molecule has 0 aromatic heterocycles. The summed E-state index contributed by atoms with van der Waals surface area (Å²) in [5.74, 6) is -0.541. The summed E-state index contributed by atoms with van der Waals surface area (Å²) in [5, 5.41) is 3.13. The minimum absolute atomic E-state index is 0.265. The molecule has 0 amide bonds. The lowest BCUT2D eigenvalue weighted by Gasteiger charge is -2.08. The Morgan fingerprint density at radius 1 is 0.941 bits per heavy atom. The van der Waals surface area contributed by atoms with Gasteiger partial charge in [0, 0.05) is 16.7 Å². The molecule has 2 aromatic rings. The third kappa shape index (κ3) is 3.27. The van der Waals surface area contributed by atoms with Gasteiger partial charge in [0.2, 0.25) is 0 Å². The van der Waals surface area contributed by atoms with Crippen molar-refractivity contribution in [2.45, 2.75) is 6.54 Å². The Bertz CT molecular complexity index is 511. The lowest BCUT2D eigenvalue weighted by molar-refractivity contribution is 0.626. The Morgan fingerprint density at radius 2 is 1.59 bits per heavy atom. The number of hydrogen-bond donors (Lipinski definition) is 1. The van der Waals surface area contributed by atoms with Crippen LogP contribution in [-0.4, -0.2) is 0 Å². The van der Waals surface area contributed by atoms with Crippen LogP contribution in [0.1, 0.15) is 5.56 Å². The number of nitrogens with one attached hydrogen (secondary N) is 1. The van der Waals surface area contributed by atoms with Gasteiger partial charge in [-0.05, 0) is 42.0 Å². The van der Waals surface area contributed by atoms with Gasteiger partial charge in [-0.15, -0.1) is 0 Å². The highest BCUT2D eigenvalue weighted by molar-refractivity contribution is 9.10. The fraction of sp³-hybridized carbons (Fsp3) is 0.0769. The average molecular weight is 298 g/mol. The summed E-state index contributed by atoms with van der Waals surface area (Å²) in [6.45, 7) is 0.548. The van der Waals surface area contributed by atoms with Gasteiger partial charge in [0.15, 0.2) is 0 Å². The molecule has 0 saturated heterocycles. The van der Waals surface area contributed by atoms with Gasteiger partial charge in [-0.25, -0.2) is 8.78 Å². The largest absolute Gasteiger partial charge is 0.381 e. The summed E-state index contributed by atoms with van der Waals surface area (Å²) in [6.07, 6.45) is 0. The van der Waals surface area contributed by atoms with Crippen molar-refractivity contribution in [1.82, 2.24) is 0 Å². The van der Waals surface area contributed by atoms with Crippen molar-refractivity contribution in [1.29, 1.82) is 0 Å². The SMILES string of the molecule is Fc1ccc(NCc2ccc(F)cc2Br)cc1. The van der Waals surface area contributed by atoms with Gasteiger partial charge in [0.1, 0.15) is 11.6 Å². The van der Waals surface area contributed by atoms with Crippen molar-refractivity contribution in [3.63, 3.8) is 0 Å². The van der Waals surface area contributed by atoms with Gasteiger partial charge >= 0.3 is 0 Å². The fourth-order valence-electron chi connectivity index (χ4n) is 1.43. The van der Waals surface area contributed by atoms with Gasteiger partial charge in [-0.3, -0.25) is 0 Å². The summed E-state index contributed by atoms with van der Waals surface area (Å²) >= 11 is 3.29. The van der Waals surface area contributed by atoms with E-state index < -0.39 is 0 Å². The second-order valence-corrected chi connectivity index (χ2v) is 4.45. The van der Waals surface area contributed by atoms with E-state index in [1.807, 2.05) is 0 Å². The van der Waals surface area contributed by atoms with Crippen LogP contribution < -0.4 is 5.32 Å². The molecule has 17 heavy (non-hydrogen) atoms. The van der Waals surface area contributed by atoms with E-state index in [0.29, 0.717) is 11.0 Å². The van der Waals surface area contributed by atoms with Crippen LogP contribution in [0.15, 0.2) is 46.9 Å². The summed E-state index contributed by atoms with van der Waals surface area (Å²) < 4.78 is 26.3. The van der Waals surface area contributed by atoms with Crippen LogP contribution in [0.4, 0.5) is 14.5 Å². The number of benzene rings is 2. The number of anilines is 1. The monoisotopic (exact) mass is 297 g/mol. The Morgan fingerprint density at radius 3 is 2.24 bits per heavy atom. The zero-order valence-corrected chi connectivity index (χ0v) is 10.5. The van der Waals surface area contributed by atoms with E-state index in [1.165, 1.54) is 24.3 Å². The molecule has 0 heterocycles. The van der Waals surface area contributed by atoms with E-state index in [2.05, 4.69) is 21.2 Å². The first kappa shape index (κ1) is 12.0. The van der Waals surface area contributed by atoms with Crippen LogP contribution in [-0.2, 0) is 6.54 Å². The van der Waals surface area contributed by atoms with Crippen molar-refractivity contribution in [3.8, 4) is 0 Å². The van der Waals surface area contributed by atoms with E-state index in [1.54, 1.807) is 18.2 Å². The highest BCUT2D eigenvalue weighted by Crippen LogP contribution is 2.19. The first-order chi connectivity index (χ1) is 8.15. The van der Waals surface area contributed by atoms with Gasteiger partial charge in [0.25, 0.3) is 0 Å². The second-order valence-electron chi connectivity index (χ2n) is 3.60. The maximum atomic E-state index is 12.9. The standard InChI is InChI=1S/C13H10BrF2N/c14-13-7-11(16)2-1-9(13)8-17-12-5-3-10(15)4-6-12/h1-7,17H,8H2. The highest BCUT2D eigenvalue weighted by Gasteiger charge is 2.01. The Labute approximate surface area is 107 Å². The summed E-state index contributed by atoms with van der Waals surface area (Å²) in [5.41, 5.74) is 1.76. The van der Waals surface area contributed by atoms with Gasteiger partial charge in [0.05, 0.1) is 0 Å². The van der Waals surface area contributed by atoms with Crippen LogP contribution in [0.5, 0.6) is 0 Å². The van der Waals surface area contributed by atoms with Crippen molar-refractivity contribution in [2.24, 2.45) is 0 Å². The fourth-order valence-corrected chi connectivity index (χ4v) is 1.92. The zero-order chi connectivity index (χ0) is 12.3. The van der Waals surface area contributed by atoms with Crippen molar-refractivity contribution in [2.75, 3.05) is 5.32 Å². The van der Waals surface area contributed by atoms with Crippen LogP contribution >= 0.6 is 15.9 Å². The molecule has 2 aromatic carbocycles. The molecule has 0 aliphatic heterocycles. The minimum atomic E-state index is -0.276. The molecule has 0 unspecified atom stereocenters. The molecule has 0 radical (unpaired) electrons. The smallest absolute Gasteiger partial charge is 0.124 e. The van der Waals surface area contributed by atoms with E-state index in [4.69, 9.17) is 0 Å². The molecule has 4 heteroatoms. The Balaban J connectivity index is 2.04. The van der Waals surface area contributed by atoms with Gasteiger partial charge < -0.3 is 5.32 Å². The van der Waals surface area contributed by atoms with Crippen molar-refractivity contribution < 1.29 is 8.78 Å². The molecule has 1 nitrogen and oxygen atoms in total. The predicted octanol–water partition coefficient (Wildman–Crippen LogP) is 4.34. The first-order valence-electron chi connectivity index (χ1n) is 5.08. The van der Waals surface area contributed by atoms with Crippen molar-refractivity contribution >= 4 is 21.6 Å². The molecule has 0 bridgehead atoms. The zero-order valence-electron chi connectivity index (χ0n) is 8.88. The van der Waals surface area contributed by atoms with Gasteiger partial charge in [-0.1, -0.05) is 22.0 Å². The minimum Gasteiger partial charge on any atom is -0.381 e. The van der Waals surface area contributed by atoms with Crippen LogP contribution in [0.3, 0.4) is 0 Å². The van der Waals surface area contributed by atoms with Crippen molar-refractivity contribution in [3.05, 3.63) is 64.1 Å². The predicted molar refractivity (Wildman–Crippen MR) is 67.8 cm³/mol. The van der Waals surface area contributed by atoms with E-state index in [9.17, 15) is 8.78 Å². The Hall–Kier alpha value is -1.42. The van der Waals surface area contributed by atoms with Crippen LogP contribution in [0.2, 0.25) is 0 Å². The summed E-state index contributed by atoms with van der Waals surface area (Å²) in [7, 11) is 0.